The van der Waals surface area contributed by atoms with Crippen LogP contribution in [0.5, 0.6) is 0 Å². The van der Waals surface area contributed by atoms with Crippen molar-refractivity contribution >= 4 is 10.0 Å². The maximum Gasteiger partial charge on any atom is 0.211 e. The summed E-state index contributed by atoms with van der Waals surface area (Å²) < 4.78 is 24.3. The standard InChI is InChI=1S/C17H27N3O2S/c1-14-9-19(10-15-6-4-3-5-7-15)13-17(14)18-8-16-11-20(12-16)23(2,21)22/h3-7,14,16-18H,8-13H2,1-2H3/t14-,17+/m0/s1. The SMILES string of the molecule is C[C@H]1CN(Cc2ccccc2)C[C@H]1NCC1CN(S(C)(=O)=O)C1. The Balaban J connectivity index is 1.42. The van der Waals surface area contributed by atoms with Crippen LogP contribution in [0.3, 0.4) is 0 Å². The smallest absolute Gasteiger partial charge is 0.211 e. The van der Waals surface area contributed by atoms with Crippen LogP contribution in [0.4, 0.5) is 0 Å². The van der Waals surface area contributed by atoms with Gasteiger partial charge in [0.15, 0.2) is 0 Å². The van der Waals surface area contributed by atoms with Gasteiger partial charge < -0.3 is 5.32 Å². The van der Waals surface area contributed by atoms with E-state index < -0.39 is 10.0 Å². The van der Waals surface area contributed by atoms with Gasteiger partial charge in [0.2, 0.25) is 10.0 Å². The highest BCUT2D eigenvalue weighted by molar-refractivity contribution is 7.88. The first kappa shape index (κ1) is 16.9. The molecule has 0 bridgehead atoms. The maximum absolute atomic E-state index is 11.4. The highest BCUT2D eigenvalue weighted by Crippen LogP contribution is 2.21. The quantitative estimate of drug-likeness (QED) is 0.841. The van der Waals surface area contributed by atoms with Crippen molar-refractivity contribution in [2.24, 2.45) is 11.8 Å². The van der Waals surface area contributed by atoms with E-state index in [0.29, 0.717) is 31.0 Å². The molecule has 0 aliphatic carbocycles. The first-order valence-corrected chi connectivity index (χ1v) is 10.2. The second-order valence-corrected chi connectivity index (χ2v) is 9.10. The van der Waals surface area contributed by atoms with Crippen molar-refractivity contribution in [1.29, 1.82) is 0 Å². The van der Waals surface area contributed by atoms with Crippen LogP contribution in [0.15, 0.2) is 30.3 Å². The summed E-state index contributed by atoms with van der Waals surface area (Å²) in [6.07, 6.45) is 1.29. The lowest BCUT2D eigenvalue weighted by Gasteiger charge is -2.38. The van der Waals surface area contributed by atoms with E-state index in [1.165, 1.54) is 11.8 Å². The van der Waals surface area contributed by atoms with Gasteiger partial charge in [-0.05, 0) is 17.4 Å². The second-order valence-electron chi connectivity index (χ2n) is 7.12. The van der Waals surface area contributed by atoms with Gasteiger partial charge in [0.1, 0.15) is 0 Å². The largest absolute Gasteiger partial charge is 0.312 e. The molecule has 0 saturated carbocycles. The van der Waals surface area contributed by atoms with E-state index in [0.717, 1.165) is 26.2 Å². The summed E-state index contributed by atoms with van der Waals surface area (Å²) in [7, 11) is -2.99. The third-order valence-electron chi connectivity index (χ3n) is 5.00. The summed E-state index contributed by atoms with van der Waals surface area (Å²) in [5.74, 6) is 1.09. The molecule has 2 aliphatic rings. The Kier molecular flexibility index (Phi) is 5.06. The molecular weight excluding hydrogens is 310 g/mol. The Bertz CT molecular complexity index is 614. The van der Waals surface area contributed by atoms with Gasteiger partial charge >= 0.3 is 0 Å². The van der Waals surface area contributed by atoms with Crippen LogP contribution in [0.2, 0.25) is 0 Å². The molecule has 1 N–H and O–H groups in total. The lowest BCUT2D eigenvalue weighted by atomic mass is 10.0. The molecule has 2 fully saturated rings. The van der Waals surface area contributed by atoms with Gasteiger partial charge in [-0.1, -0.05) is 37.3 Å². The van der Waals surface area contributed by atoms with Gasteiger partial charge in [-0.15, -0.1) is 0 Å². The highest BCUT2D eigenvalue weighted by Gasteiger charge is 2.35. The zero-order valence-corrected chi connectivity index (χ0v) is 14.8. The molecule has 0 aromatic heterocycles. The molecule has 1 aromatic carbocycles. The Hall–Kier alpha value is -0.950. The van der Waals surface area contributed by atoms with Crippen LogP contribution in [-0.4, -0.2) is 62.6 Å². The molecule has 23 heavy (non-hydrogen) atoms. The van der Waals surface area contributed by atoms with Crippen molar-refractivity contribution in [3.05, 3.63) is 35.9 Å². The van der Waals surface area contributed by atoms with Gasteiger partial charge in [-0.2, -0.15) is 0 Å². The molecule has 2 saturated heterocycles. The average Bonchev–Trinajstić information content (AvgIpc) is 2.77. The summed E-state index contributed by atoms with van der Waals surface area (Å²) in [5, 5.41) is 3.66. The molecule has 0 unspecified atom stereocenters. The van der Waals surface area contributed by atoms with E-state index in [2.05, 4.69) is 47.5 Å². The number of hydrogen-bond acceptors (Lipinski definition) is 4. The number of rotatable bonds is 6. The van der Waals surface area contributed by atoms with E-state index in [4.69, 9.17) is 0 Å². The van der Waals surface area contributed by atoms with Crippen LogP contribution in [-0.2, 0) is 16.6 Å². The first-order valence-electron chi connectivity index (χ1n) is 8.36. The van der Waals surface area contributed by atoms with Crippen molar-refractivity contribution in [1.82, 2.24) is 14.5 Å². The van der Waals surface area contributed by atoms with Crippen LogP contribution < -0.4 is 5.32 Å². The zero-order valence-electron chi connectivity index (χ0n) is 14.0. The summed E-state index contributed by atoms with van der Waals surface area (Å²) >= 11 is 0. The van der Waals surface area contributed by atoms with Crippen molar-refractivity contribution in [2.45, 2.75) is 19.5 Å². The zero-order chi connectivity index (χ0) is 16.4. The number of benzene rings is 1. The normalized spacial score (nSPS) is 27.2. The molecule has 6 heteroatoms. The fraction of sp³-hybridized carbons (Fsp3) is 0.647. The van der Waals surface area contributed by atoms with Crippen molar-refractivity contribution < 1.29 is 8.42 Å². The molecule has 2 atom stereocenters. The summed E-state index contributed by atoms with van der Waals surface area (Å²) in [6, 6.07) is 11.1. The van der Waals surface area contributed by atoms with Crippen molar-refractivity contribution in [2.75, 3.05) is 39.0 Å². The number of nitrogens with zero attached hydrogens (tertiary/aromatic N) is 2. The Morgan fingerprint density at radius 2 is 1.83 bits per heavy atom. The second kappa shape index (κ2) is 6.89. The maximum atomic E-state index is 11.4. The predicted molar refractivity (Wildman–Crippen MR) is 92.6 cm³/mol. The molecule has 2 heterocycles. The van der Waals surface area contributed by atoms with Gasteiger partial charge in [-0.3, -0.25) is 4.90 Å². The van der Waals surface area contributed by atoms with Crippen molar-refractivity contribution in [3.8, 4) is 0 Å². The molecule has 0 amide bonds. The Labute approximate surface area is 139 Å². The van der Waals surface area contributed by atoms with Crippen LogP contribution in [0, 0.1) is 11.8 Å². The number of hydrogen-bond donors (Lipinski definition) is 1. The molecule has 3 rings (SSSR count). The summed E-state index contributed by atoms with van der Waals surface area (Å²) in [5.41, 5.74) is 1.36. The number of likely N-dealkylation sites (tertiary alicyclic amines) is 1. The third kappa shape index (κ3) is 4.32. The van der Waals surface area contributed by atoms with Crippen molar-refractivity contribution in [3.63, 3.8) is 0 Å². The molecule has 1 aromatic rings. The van der Waals surface area contributed by atoms with Crippen LogP contribution >= 0.6 is 0 Å². The van der Waals surface area contributed by atoms with Gasteiger partial charge in [-0.25, -0.2) is 12.7 Å². The minimum atomic E-state index is -2.99. The Morgan fingerprint density at radius 3 is 2.48 bits per heavy atom. The lowest BCUT2D eigenvalue weighted by molar-refractivity contribution is 0.190. The topological polar surface area (TPSA) is 52.6 Å². The lowest BCUT2D eigenvalue weighted by Crippen LogP contribution is -2.54. The highest BCUT2D eigenvalue weighted by atomic mass is 32.2. The monoisotopic (exact) mass is 337 g/mol. The minimum Gasteiger partial charge on any atom is -0.312 e. The molecule has 0 radical (unpaired) electrons. The van der Waals surface area contributed by atoms with E-state index in [1.807, 2.05) is 0 Å². The molecule has 5 nitrogen and oxygen atoms in total. The fourth-order valence-electron chi connectivity index (χ4n) is 3.54. The summed E-state index contributed by atoms with van der Waals surface area (Å²) in [6.45, 7) is 7.74. The Morgan fingerprint density at radius 1 is 1.13 bits per heavy atom. The molecule has 2 aliphatic heterocycles. The minimum absolute atomic E-state index is 0.458. The van der Waals surface area contributed by atoms with E-state index >= 15 is 0 Å². The van der Waals surface area contributed by atoms with Gasteiger partial charge in [0, 0.05) is 45.3 Å². The average molecular weight is 337 g/mol. The van der Waals surface area contributed by atoms with Crippen LogP contribution in [0.1, 0.15) is 12.5 Å². The third-order valence-corrected chi connectivity index (χ3v) is 6.23. The van der Waals surface area contributed by atoms with Gasteiger partial charge in [0.05, 0.1) is 6.26 Å². The van der Waals surface area contributed by atoms with E-state index in [9.17, 15) is 8.42 Å². The van der Waals surface area contributed by atoms with Gasteiger partial charge in [0.25, 0.3) is 0 Å². The fourth-order valence-corrected chi connectivity index (χ4v) is 4.51. The van der Waals surface area contributed by atoms with E-state index in [1.54, 1.807) is 4.31 Å². The molecule has 0 spiro atoms. The first-order chi connectivity index (χ1) is 10.9. The summed E-state index contributed by atoms with van der Waals surface area (Å²) in [4.78, 5) is 2.50. The van der Waals surface area contributed by atoms with Crippen LogP contribution in [0.25, 0.3) is 0 Å². The molecule has 128 valence electrons. The predicted octanol–water partition coefficient (Wildman–Crippen LogP) is 0.988. The van der Waals surface area contributed by atoms with E-state index in [-0.39, 0.29) is 0 Å². The molecular formula is C17H27N3O2S. The number of sulfonamides is 1. The number of nitrogens with one attached hydrogen (secondary N) is 1.